The van der Waals surface area contributed by atoms with Crippen LogP contribution in [-0.4, -0.2) is 59.3 Å². The van der Waals surface area contributed by atoms with E-state index in [-0.39, 0.29) is 31.8 Å². The van der Waals surface area contributed by atoms with E-state index in [0.717, 1.165) is 0 Å². The first-order chi connectivity index (χ1) is 7.95. The molecule has 1 heterocycles. The molecular formula is C10H15NO6. The van der Waals surface area contributed by atoms with Crippen LogP contribution in [0.25, 0.3) is 0 Å². The summed E-state index contributed by atoms with van der Waals surface area (Å²) in [6, 6.07) is 0. The molecule has 2 N–H and O–H groups in total. The lowest BCUT2D eigenvalue weighted by atomic mass is 10.1. The Morgan fingerprint density at radius 2 is 2.24 bits per heavy atom. The number of carboxylic acid groups (broad SMARTS) is 1. The van der Waals surface area contributed by atoms with Crippen LogP contribution in [-0.2, 0) is 19.1 Å². The van der Waals surface area contributed by atoms with Gasteiger partial charge >= 0.3 is 11.9 Å². The summed E-state index contributed by atoms with van der Waals surface area (Å²) in [5.41, 5.74) is 0. The molecule has 0 spiro atoms. The molecule has 2 atom stereocenters. The van der Waals surface area contributed by atoms with Crippen LogP contribution < -0.4 is 0 Å². The Bertz CT molecular complexity index is 329. The largest absolute Gasteiger partial charge is 0.479 e. The van der Waals surface area contributed by atoms with Gasteiger partial charge in [0.25, 0.3) is 0 Å². The van der Waals surface area contributed by atoms with Gasteiger partial charge in [-0.15, -0.1) is 0 Å². The third-order valence-corrected chi connectivity index (χ3v) is 2.71. The van der Waals surface area contributed by atoms with Gasteiger partial charge in [-0.2, -0.15) is 0 Å². The molecule has 1 rings (SSSR count). The van der Waals surface area contributed by atoms with Gasteiger partial charge in [0.05, 0.1) is 13.0 Å². The van der Waals surface area contributed by atoms with E-state index in [0.29, 0.717) is 0 Å². The number of aliphatic hydroxyl groups excluding tert-OH is 1. The number of esters is 1. The van der Waals surface area contributed by atoms with Crippen molar-refractivity contribution in [1.29, 1.82) is 0 Å². The number of aliphatic hydroxyl groups is 1. The average molecular weight is 245 g/mol. The molecule has 1 aliphatic heterocycles. The van der Waals surface area contributed by atoms with Crippen LogP contribution in [0.3, 0.4) is 0 Å². The van der Waals surface area contributed by atoms with Crippen molar-refractivity contribution in [3.8, 4) is 0 Å². The molecule has 17 heavy (non-hydrogen) atoms. The van der Waals surface area contributed by atoms with Crippen molar-refractivity contribution in [2.75, 3.05) is 20.2 Å². The fraction of sp³-hybridized carbons (Fsp3) is 0.700. The monoisotopic (exact) mass is 245 g/mol. The van der Waals surface area contributed by atoms with E-state index in [1.54, 1.807) is 0 Å². The number of hydrogen-bond donors (Lipinski definition) is 2. The number of carboxylic acids is 1. The van der Waals surface area contributed by atoms with Gasteiger partial charge < -0.3 is 19.8 Å². The van der Waals surface area contributed by atoms with Gasteiger partial charge in [-0.3, -0.25) is 9.59 Å². The highest BCUT2D eigenvalue weighted by molar-refractivity contribution is 5.86. The minimum atomic E-state index is -1.49. The van der Waals surface area contributed by atoms with Crippen molar-refractivity contribution in [2.45, 2.75) is 18.9 Å². The maximum Gasteiger partial charge on any atom is 0.332 e. The van der Waals surface area contributed by atoms with Gasteiger partial charge in [0.2, 0.25) is 5.91 Å². The minimum Gasteiger partial charge on any atom is -0.479 e. The van der Waals surface area contributed by atoms with Gasteiger partial charge in [0.15, 0.2) is 6.10 Å². The van der Waals surface area contributed by atoms with Crippen LogP contribution in [0.1, 0.15) is 12.8 Å². The Morgan fingerprint density at radius 1 is 1.59 bits per heavy atom. The highest BCUT2D eigenvalue weighted by Crippen LogP contribution is 2.19. The molecule has 7 nitrogen and oxygen atoms in total. The Balaban J connectivity index is 2.43. The number of hydrogen-bond acceptors (Lipinski definition) is 5. The lowest BCUT2D eigenvalue weighted by molar-refractivity contribution is -0.147. The predicted octanol–water partition coefficient (Wildman–Crippen LogP) is -1.16. The van der Waals surface area contributed by atoms with Crippen molar-refractivity contribution in [3.63, 3.8) is 0 Å². The number of likely N-dealkylation sites (tertiary alicyclic amines) is 1. The summed E-state index contributed by atoms with van der Waals surface area (Å²) >= 11 is 0. The number of methoxy groups -OCH3 is 1. The molecular weight excluding hydrogens is 230 g/mol. The Hall–Kier alpha value is -1.63. The third kappa shape index (κ3) is 3.42. The van der Waals surface area contributed by atoms with E-state index in [2.05, 4.69) is 4.74 Å². The molecule has 7 heteroatoms. The van der Waals surface area contributed by atoms with Crippen LogP contribution in [0.15, 0.2) is 0 Å². The van der Waals surface area contributed by atoms with Gasteiger partial charge in [0.1, 0.15) is 0 Å². The number of aliphatic carboxylic acids is 1. The third-order valence-electron chi connectivity index (χ3n) is 2.71. The van der Waals surface area contributed by atoms with Crippen LogP contribution in [0.5, 0.6) is 0 Å². The maximum absolute atomic E-state index is 11.5. The number of nitrogens with zero attached hydrogens (tertiary/aromatic N) is 1. The minimum absolute atomic E-state index is 0.0467. The molecule has 1 unspecified atom stereocenters. The highest BCUT2D eigenvalue weighted by atomic mass is 16.5. The van der Waals surface area contributed by atoms with Gasteiger partial charge in [0, 0.05) is 25.9 Å². The van der Waals surface area contributed by atoms with E-state index in [1.807, 2.05) is 0 Å². The Labute approximate surface area is 98.0 Å². The topological polar surface area (TPSA) is 104 Å². The summed E-state index contributed by atoms with van der Waals surface area (Å²) in [7, 11) is 1.25. The van der Waals surface area contributed by atoms with E-state index >= 15 is 0 Å². The summed E-state index contributed by atoms with van der Waals surface area (Å²) in [5, 5.41) is 17.5. The second-order valence-corrected chi connectivity index (χ2v) is 3.91. The molecule has 0 aliphatic carbocycles. The van der Waals surface area contributed by atoms with Crippen LogP contribution >= 0.6 is 0 Å². The van der Waals surface area contributed by atoms with E-state index in [9.17, 15) is 14.4 Å². The SMILES string of the molecule is COC(=O)C1CC(=O)N(CC[C@H](O)C(=O)O)C1. The molecule has 0 aromatic rings. The first kappa shape index (κ1) is 13.4. The second kappa shape index (κ2) is 5.62. The highest BCUT2D eigenvalue weighted by Gasteiger charge is 2.35. The number of carbonyl (C=O) groups excluding carboxylic acids is 2. The van der Waals surface area contributed by atoms with Gasteiger partial charge in [-0.05, 0) is 0 Å². The molecule has 1 saturated heterocycles. The summed E-state index contributed by atoms with van der Waals surface area (Å²) < 4.78 is 4.53. The number of amides is 1. The maximum atomic E-state index is 11.5. The first-order valence-electron chi connectivity index (χ1n) is 5.22. The Morgan fingerprint density at radius 3 is 2.76 bits per heavy atom. The van der Waals surface area contributed by atoms with Crippen LogP contribution in [0.2, 0.25) is 0 Å². The smallest absolute Gasteiger partial charge is 0.332 e. The van der Waals surface area contributed by atoms with Crippen LogP contribution in [0, 0.1) is 5.92 Å². The fourth-order valence-corrected chi connectivity index (χ4v) is 1.71. The predicted molar refractivity (Wildman–Crippen MR) is 55.0 cm³/mol. The average Bonchev–Trinajstić information content (AvgIpc) is 2.66. The molecule has 1 fully saturated rings. The molecule has 0 aromatic heterocycles. The number of ether oxygens (including phenoxy) is 1. The van der Waals surface area contributed by atoms with Crippen molar-refractivity contribution < 1.29 is 29.3 Å². The van der Waals surface area contributed by atoms with Crippen LogP contribution in [0.4, 0.5) is 0 Å². The standard InChI is InChI=1S/C10H15NO6/c1-17-10(16)6-4-8(13)11(5-6)3-2-7(12)9(14)15/h6-7,12H,2-5H2,1H3,(H,14,15)/t6?,7-/m0/s1. The number of rotatable bonds is 5. The van der Waals surface area contributed by atoms with Crippen molar-refractivity contribution in [1.82, 2.24) is 4.90 Å². The zero-order chi connectivity index (χ0) is 13.0. The summed E-state index contributed by atoms with van der Waals surface area (Å²) in [6.45, 7) is 0.345. The lowest BCUT2D eigenvalue weighted by Gasteiger charge is -2.16. The molecule has 0 saturated carbocycles. The van der Waals surface area contributed by atoms with Crippen molar-refractivity contribution in [3.05, 3.63) is 0 Å². The fourth-order valence-electron chi connectivity index (χ4n) is 1.71. The molecule has 1 aliphatic rings. The summed E-state index contributed by atoms with van der Waals surface area (Å²) in [6.07, 6.45) is -1.45. The molecule has 0 radical (unpaired) electrons. The van der Waals surface area contributed by atoms with Gasteiger partial charge in [-0.25, -0.2) is 4.79 Å². The molecule has 96 valence electrons. The lowest BCUT2D eigenvalue weighted by Crippen LogP contribution is -2.32. The molecule has 0 bridgehead atoms. The van der Waals surface area contributed by atoms with E-state index in [4.69, 9.17) is 10.2 Å². The van der Waals surface area contributed by atoms with Crippen molar-refractivity contribution in [2.24, 2.45) is 5.92 Å². The summed E-state index contributed by atoms with van der Waals surface area (Å²) in [5.74, 6) is -2.48. The summed E-state index contributed by atoms with van der Waals surface area (Å²) in [4.78, 5) is 34.4. The van der Waals surface area contributed by atoms with E-state index in [1.165, 1.54) is 12.0 Å². The normalized spacial score (nSPS) is 21.4. The van der Waals surface area contributed by atoms with E-state index < -0.39 is 24.0 Å². The first-order valence-corrected chi connectivity index (χ1v) is 5.22. The second-order valence-electron chi connectivity index (χ2n) is 3.91. The molecule has 1 amide bonds. The molecule has 0 aromatic carbocycles. The zero-order valence-corrected chi connectivity index (χ0v) is 9.46. The van der Waals surface area contributed by atoms with Crippen molar-refractivity contribution >= 4 is 17.8 Å². The van der Waals surface area contributed by atoms with Gasteiger partial charge in [-0.1, -0.05) is 0 Å². The quantitative estimate of drug-likeness (QED) is 0.592. The Kier molecular flexibility index (Phi) is 4.45. The number of carbonyl (C=O) groups is 3. The zero-order valence-electron chi connectivity index (χ0n) is 9.46.